The van der Waals surface area contributed by atoms with Gasteiger partial charge in [-0.05, 0) is 69.3 Å². The van der Waals surface area contributed by atoms with Crippen LogP contribution in [0.4, 0.5) is 0 Å². The van der Waals surface area contributed by atoms with E-state index in [-0.39, 0.29) is 22.8 Å². The van der Waals surface area contributed by atoms with Gasteiger partial charge in [-0.15, -0.1) is 0 Å². The van der Waals surface area contributed by atoms with E-state index in [0.717, 1.165) is 38.6 Å². The van der Waals surface area contributed by atoms with Crippen molar-refractivity contribution in [3.8, 4) is 0 Å². The molecule has 1 aliphatic carbocycles. The largest absolute Gasteiger partial charge is 0.352 e. The molecule has 1 spiro atoms. The van der Waals surface area contributed by atoms with Crippen molar-refractivity contribution in [2.75, 3.05) is 33.7 Å². The van der Waals surface area contributed by atoms with E-state index in [2.05, 4.69) is 59.6 Å². The summed E-state index contributed by atoms with van der Waals surface area (Å²) in [5.74, 6) is 0.173. The van der Waals surface area contributed by atoms with Crippen molar-refractivity contribution in [1.82, 2.24) is 20.1 Å². The molecule has 0 atom stereocenters. The summed E-state index contributed by atoms with van der Waals surface area (Å²) in [7, 11) is 4.36. The predicted molar refractivity (Wildman–Crippen MR) is 125 cm³/mol. The third kappa shape index (κ3) is 4.56. The van der Waals surface area contributed by atoms with Crippen molar-refractivity contribution in [3.63, 3.8) is 0 Å². The summed E-state index contributed by atoms with van der Waals surface area (Å²) in [5.41, 5.74) is 2.15. The summed E-state index contributed by atoms with van der Waals surface area (Å²) in [4.78, 5) is 33.3. The van der Waals surface area contributed by atoms with E-state index < -0.39 is 0 Å². The number of pyridine rings is 1. The van der Waals surface area contributed by atoms with E-state index >= 15 is 0 Å². The third-order valence-corrected chi connectivity index (χ3v) is 7.54. The van der Waals surface area contributed by atoms with Gasteiger partial charge in [0, 0.05) is 49.6 Å². The summed E-state index contributed by atoms with van der Waals surface area (Å²) >= 11 is 0. The van der Waals surface area contributed by atoms with Crippen LogP contribution in [-0.2, 0) is 10.3 Å². The Kier molecular flexibility index (Phi) is 6.60. The Bertz CT molecular complexity index is 921. The Labute approximate surface area is 191 Å². The molecule has 0 bridgehead atoms. The Hall–Kier alpha value is -2.73. The molecule has 6 heteroatoms. The van der Waals surface area contributed by atoms with Gasteiger partial charge in [0.1, 0.15) is 0 Å². The molecular weight excluding hydrogens is 400 g/mol. The molecule has 2 fully saturated rings. The molecule has 0 radical (unpaired) electrons. The van der Waals surface area contributed by atoms with Crippen LogP contribution in [0.3, 0.4) is 0 Å². The number of hydrogen-bond donors (Lipinski definition) is 1. The number of hydrogen-bond acceptors (Lipinski definition) is 4. The number of amides is 2. The van der Waals surface area contributed by atoms with Gasteiger partial charge in [0.2, 0.25) is 5.91 Å². The lowest BCUT2D eigenvalue weighted by Gasteiger charge is -2.48. The van der Waals surface area contributed by atoms with Crippen LogP contribution in [0.5, 0.6) is 0 Å². The molecule has 2 aromatic rings. The highest BCUT2D eigenvalue weighted by Gasteiger charge is 2.49. The van der Waals surface area contributed by atoms with Gasteiger partial charge in [-0.1, -0.05) is 30.3 Å². The van der Waals surface area contributed by atoms with Crippen molar-refractivity contribution in [2.24, 2.45) is 5.41 Å². The molecule has 1 saturated carbocycles. The molecule has 0 unspecified atom stereocenters. The maximum atomic E-state index is 12.8. The highest BCUT2D eigenvalue weighted by molar-refractivity contribution is 5.93. The smallest absolute Gasteiger partial charge is 0.251 e. The Morgan fingerprint density at radius 2 is 1.75 bits per heavy atom. The van der Waals surface area contributed by atoms with Gasteiger partial charge in [-0.25, -0.2) is 0 Å². The average molecular weight is 435 g/mol. The number of rotatable bonds is 7. The first-order valence-electron chi connectivity index (χ1n) is 11.6. The zero-order valence-electron chi connectivity index (χ0n) is 19.2. The monoisotopic (exact) mass is 434 g/mol. The van der Waals surface area contributed by atoms with Crippen LogP contribution in [0.15, 0.2) is 54.9 Å². The van der Waals surface area contributed by atoms with Gasteiger partial charge in [-0.2, -0.15) is 0 Å². The molecule has 170 valence electrons. The number of nitrogens with zero attached hydrogens (tertiary/aromatic N) is 3. The molecule has 4 rings (SSSR count). The van der Waals surface area contributed by atoms with Gasteiger partial charge in [-0.3, -0.25) is 19.5 Å². The number of carbonyl (C=O) groups excluding carboxylic acids is 2. The van der Waals surface area contributed by atoms with E-state index in [1.807, 2.05) is 4.90 Å². The van der Waals surface area contributed by atoms with Gasteiger partial charge in [0.05, 0.1) is 0 Å². The normalized spacial score (nSPS) is 25.5. The molecule has 32 heavy (non-hydrogen) atoms. The van der Waals surface area contributed by atoms with Crippen molar-refractivity contribution in [1.29, 1.82) is 0 Å². The number of nitrogens with one attached hydrogen (secondary N) is 1. The fourth-order valence-electron chi connectivity index (χ4n) is 5.53. The van der Waals surface area contributed by atoms with Crippen LogP contribution < -0.4 is 5.32 Å². The number of carbonyl (C=O) groups is 2. The van der Waals surface area contributed by atoms with Gasteiger partial charge < -0.3 is 10.2 Å². The number of likely N-dealkylation sites (tertiary alicyclic amines) is 1. The second-order valence-electron chi connectivity index (χ2n) is 9.63. The van der Waals surface area contributed by atoms with Crippen LogP contribution in [0.2, 0.25) is 0 Å². The van der Waals surface area contributed by atoms with Crippen LogP contribution in [0.1, 0.15) is 54.4 Å². The molecule has 1 aliphatic heterocycles. The predicted octanol–water partition coefficient (Wildman–Crippen LogP) is 3.45. The maximum Gasteiger partial charge on any atom is 0.251 e. The Morgan fingerprint density at radius 1 is 1.06 bits per heavy atom. The minimum absolute atomic E-state index is 0.0558. The van der Waals surface area contributed by atoms with E-state index in [4.69, 9.17) is 0 Å². The fourth-order valence-corrected chi connectivity index (χ4v) is 5.53. The molecule has 1 aromatic carbocycles. The first kappa shape index (κ1) is 22.5. The van der Waals surface area contributed by atoms with Crippen molar-refractivity contribution < 1.29 is 9.59 Å². The summed E-state index contributed by atoms with van der Waals surface area (Å²) in [6.45, 7) is 2.12. The quantitative estimate of drug-likeness (QED) is 0.678. The molecule has 2 amide bonds. The number of aromatic nitrogens is 1. The number of benzene rings is 1. The van der Waals surface area contributed by atoms with E-state index in [1.165, 1.54) is 5.56 Å². The van der Waals surface area contributed by atoms with Crippen LogP contribution in [-0.4, -0.2) is 60.3 Å². The van der Waals surface area contributed by atoms with Crippen LogP contribution >= 0.6 is 0 Å². The Balaban J connectivity index is 1.29. The van der Waals surface area contributed by atoms with Crippen LogP contribution in [0, 0.1) is 5.41 Å². The maximum absolute atomic E-state index is 12.8. The van der Waals surface area contributed by atoms with E-state index in [9.17, 15) is 9.59 Å². The summed E-state index contributed by atoms with van der Waals surface area (Å²) in [6, 6.07) is 14.2. The van der Waals surface area contributed by atoms with Crippen LogP contribution in [0.25, 0.3) is 0 Å². The van der Waals surface area contributed by atoms with Gasteiger partial charge in [0.15, 0.2) is 0 Å². The lowest BCUT2D eigenvalue weighted by molar-refractivity contribution is -0.127. The van der Waals surface area contributed by atoms with E-state index in [1.54, 1.807) is 24.5 Å². The minimum Gasteiger partial charge on any atom is -0.352 e. The third-order valence-electron chi connectivity index (χ3n) is 7.54. The first-order valence-corrected chi connectivity index (χ1v) is 11.6. The van der Waals surface area contributed by atoms with Crippen molar-refractivity contribution in [3.05, 3.63) is 66.0 Å². The molecule has 1 N–H and O–H groups in total. The van der Waals surface area contributed by atoms with Crippen molar-refractivity contribution >= 4 is 11.8 Å². The highest BCUT2D eigenvalue weighted by atomic mass is 16.2. The lowest BCUT2D eigenvalue weighted by atomic mass is 9.64. The zero-order chi connectivity index (χ0) is 22.6. The van der Waals surface area contributed by atoms with Gasteiger partial charge >= 0.3 is 0 Å². The SMILES string of the molecule is CN(C)C1(c2ccccc2)CCC2(CC1)CC(=O)N(CCCNC(=O)c1ccncc1)C2. The summed E-state index contributed by atoms with van der Waals surface area (Å²) < 4.78 is 0. The topological polar surface area (TPSA) is 65.5 Å². The minimum atomic E-state index is -0.0927. The summed E-state index contributed by atoms with van der Waals surface area (Å²) in [5, 5.41) is 2.94. The summed E-state index contributed by atoms with van der Waals surface area (Å²) in [6.07, 6.45) is 8.95. The average Bonchev–Trinajstić information content (AvgIpc) is 3.13. The molecule has 2 heterocycles. The molecular formula is C26H34N4O2. The lowest BCUT2D eigenvalue weighted by Crippen LogP contribution is -2.47. The molecule has 1 aromatic heterocycles. The van der Waals surface area contributed by atoms with Gasteiger partial charge in [0.25, 0.3) is 5.91 Å². The molecule has 1 saturated heterocycles. The van der Waals surface area contributed by atoms with E-state index in [0.29, 0.717) is 25.1 Å². The Morgan fingerprint density at radius 3 is 2.41 bits per heavy atom. The first-order chi connectivity index (χ1) is 15.4. The second kappa shape index (κ2) is 9.41. The zero-order valence-corrected chi connectivity index (χ0v) is 19.2. The second-order valence-corrected chi connectivity index (χ2v) is 9.63. The fraction of sp³-hybridized carbons (Fsp3) is 0.500. The molecule has 6 nitrogen and oxygen atoms in total. The highest BCUT2D eigenvalue weighted by Crippen LogP contribution is 2.52. The van der Waals surface area contributed by atoms with Crippen molar-refractivity contribution in [2.45, 2.75) is 44.1 Å². The standard InChI is InChI=1S/C26H34N4O2/c1-29(2)26(22-7-4-3-5-8-22)13-11-25(12-14-26)19-23(31)30(20-25)18-6-15-28-24(32)21-9-16-27-17-10-21/h3-5,7-10,16-17H,6,11-15,18-20H2,1-2H3,(H,28,32). The molecule has 2 aliphatic rings.